The third kappa shape index (κ3) is 3.02. The van der Waals surface area contributed by atoms with Gasteiger partial charge in [-0.15, -0.1) is 0 Å². The van der Waals surface area contributed by atoms with Crippen molar-refractivity contribution < 1.29 is 9.32 Å². The molecule has 4 aromatic rings. The third-order valence-electron chi connectivity index (χ3n) is 4.04. The number of benzene rings is 2. The molecule has 2 aromatic carbocycles. The number of hydrogen-bond acceptors (Lipinski definition) is 5. The first-order valence-electron chi connectivity index (χ1n) is 8.18. The van der Waals surface area contributed by atoms with Crippen LogP contribution in [0, 0.1) is 6.92 Å². The van der Waals surface area contributed by atoms with Gasteiger partial charge in [-0.05, 0) is 25.1 Å². The molecule has 0 N–H and O–H groups in total. The second-order valence-corrected chi connectivity index (χ2v) is 5.88. The van der Waals surface area contributed by atoms with Gasteiger partial charge in [0.15, 0.2) is 5.78 Å². The Morgan fingerprint density at radius 2 is 1.69 bits per heavy atom. The van der Waals surface area contributed by atoms with Gasteiger partial charge in [0.1, 0.15) is 5.69 Å². The maximum absolute atomic E-state index is 12.9. The van der Waals surface area contributed by atoms with Crippen molar-refractivity contribution in [3.8, 4) is 23.0 Å². The van der Waals surface area contributed by atoms with Crippen molar-refractivity contribution in [3.05, 3.63) is 89.6 Å². The minimum atomic E-state index is -0.0850. The van der Waals surface area contributed by atoms with E-state index in [1.54, 1.807) is 24.4 Å². The van der Waals surface area contributed by atoms with Crippen LogP contribution < -0.4 is 0 Å². The highest BCUT2D eigenvalue weighted by Gasteiger charge is 2.19. The van der Waals surface area contributed by atoms with Crippen LogP contribution in [0.4, 0.5) is 0 Å². The largest absolute Gasteiger partial charge is 0.334 e. The Hall–Kier alpha value is -3.60. The van der Waals surface area contributed by atoms with E-state index in [-0.39, 0.29) is 5.78 Å². The summed E-state index contributed by atoms with van der Waals surface area (Å²) in [4.78, 5) is 21.6. The van der Waals surface area contributed by atoms with Crippen molar-refractivity contribution in [2.45, 2.75) is 6.92 Å². The number of rotatable bonds is 4. The highest BCUT2D eigenvalue weighted by atomic mass is 16.5. The molecule has 2 aromatic heterocycles. The summed E-state index contributed by atoms with van der Waals surface area (Å²) in [5, 5.41) is 3.99. The number of nitrogens with zero attached hydrogens (tertiary/aromatic N) is 3. The fourth-order valence-corrected chi connectivity index (χ4v) is 2.66. The minimum Gasteiger partial charge on any atom is -0.334 e. The van der Waals surface area contributed by atoms with Crippen molar-refractivity contribution in [1.29, 1.82) is 0 Å². The fraction of sp³-hybridized carbons (Fsp3) is 0.0476. The highest BCUT2D eigenvalue weighted by Crippen LogP contribution is 2.26. The van der Waals surface area contributed by atoms with E-state index in [9.17, 15) is 4.79 Å². The van der Waals surface area contributed by atoms with Gasteiger partial charge in [0.2, 0.25) is 5.82 Å². The summed E-state index contributed by atoms with van der Waals surface area (Å²) in [5.74, 6) is 0.595. The van der Waals surface area contributed by atoms with Gasteiger partial charge in [0, 0.05) is 17.3 Å². The monoisotopic (exact) mass is 341 g/mol. The average molecular weight is 341 g/mol. The van der Waals surface area contributed by atoms with Gasteiger partial charge < -0.3 is 4.52 Å². The van der Waals surface area contributed by atoms with E-state index >= 15 is 0 Å². The lowest BCUT2D eigenvalue weighted by molar-refractivity contribution is 0.103. The first-order valence-corrected chi connectivity index (χ1v) is 8.18. The molecule has 0 spiro atoms. The summed E-state index contributed by atoms with van der Waals surface area (Å²) in [6.45, 7) is 1.99. The molecule has 126 valence electrons. The number of pyridine rings is 1. The number of aryl methyl sites for hydroxylation is 1. The van der Waals surface area contributed by atoms with Gasteiger partial charge in [-0.1, -0.05) is 59.3 Å². The number of carbonyl (C=O) groups is 1. The Morgan fingerprint density at radius 1 is 0.923 bits per heavy atom. The Bertz CT molecular complexity index is 1050. The Labute approximate surface area is 150 Å². The molecule has 0 fully saturated rings. The molecule has 5 nitrogen and oxygen atoms in total. The van der Waals surface area contributed by atoms with E-state index in [1.165, 1.54) is 0 Å². The average Bonchev–Trinajstić information content (AvgIpc) is 3.19. The van der Waals surface area contributed by atoms with E-state index in [0.717, 1.165) is 5.56 Å². The Morgan fingerprint density at radius 3 is 2.46 bits per heavy atom. The molecular weight excluding hydrogens is 326 g/mol. The Balaban J connectivity index is 1.74. The zero-order chi connectivity index (χ0) is 17.9. The normalized spacial score (nSPS) is 10.7. The summed E-state index contributed by atoms with van der Waals surface area (Å²) in [6.07, 6.45) is 1.67. The summed E-state index contributed by atoms with van der Waals surface area (Å²) >= 11 is 0. The van der Waals surface area contributed by atoms with Crippen LogP contribution in [-0.2, 0) is 0 Å². The zero-order valence-electron chi connectivity index (χ0n) is 14.1. The summed E-state index contributed by atoms with van der Waals surface area (Å²) < 4.78 is 5.40. The Kier molecular flexibility index (Phi) is 4.11. The smallest absolute Gasteiger partial charge is 0.259 e. The molecular formula is C21H15N3O2. The molecule has 2 heterocycles. The lowest BCUT2D eigenvalue weighted by Crippen LogP contribution is -2.03. The lowest BCUT2D eigenvalue weighted by atomic mass is 9.97. The maximum atomic E-state index is 12.9. The molecule has 0 atom stereocenters. The van der Waals surface area contributed by atoms with E-state index in [1.807, 2.05) is 55.5 Å². The van der Waals surface area contributed by atoms with Crippen molar-refractivity contribution in [2.75, 3.05) is 0 Å². The summed E-state index contributed by atoms with van der Waals surface area (Å²) in [5.41, 5.74) is 3.46. The summed E-state index contributed by atoms with van der Waals surface area (Å²) in [6, 6.07) is 20.2. The summed E-state index contributed by atoms with van der Waals surface area (Å²) in [7, 11) is 0. The van der Waals surface area contributed by atoms with Gasteiger partial charge in [-0.3, -0.25) is 9.78 Å². The second kappa shape index (κ2) is 6.72. The van der Waals surface area contributed by atoms with E-state index < -0.39 is 0 Å². The third-order valence-corrected chi connectivity index (χ3v) is 4.04. The quantitative estimate of drug-likeness (QED) is 0.517. The lowest BCUT2D eigenvalue weighted by Gasteiger charge is -2.05. The van der Waals surface area contributed by atoms with Crippen LogP contribution in [0.1, 0.15) is 21.5 Å². The molecule has 4 rings (SSSR count). The minimum absolute atomic E-state index is 0.0850. The van der Waals surface area contributed by atoms with Gasteiger partial charge >= 0.3 is 0 Å². The molecule has 0 saturated carbocycles. The number of aromatic nitrogens is 3. The highest BCUT2D eigenvalue weighted by molar-refractivity contribution is 6.12. The molecule has 0 radical (unpaired) electrons. The maximum Gasteiger partial charge on any atom is 0.259 e. The molecule has 0 saturated heterocycles. The van der Waals surface area contributed by atoms with Crippen LogP contribution in [0.5, 0.6) is 0 Å². The standard InChI is InChI=1S/C21H15N3O2/c1-14-9-11-15(12-10-14)19(25)16-6-2-3-7-17(16)21-23-20(24-26-21)18-8-4-5-13-22-18/h2-13H,1H3. The number of ketones is 1. The molecule has 5 heteroatoms. The van der Waals surface area contributed by atoms with Crippen molar-refractivity contribution in [3.63, 3.8) is 0 Å². The second-order valence-electron chi connectivity index (χ2n) is 5.88. The van der Waals surface area contributed by atoms with Crippen molar-refractivity contribution in [1.82, 2.24) is 15.1 Å². The van der Waals surface area contributed by atoms with Crippen LogP contribution in [0.3, 0.4) is 0 Å². The molecule has 26 heavy (non-hydrogen) atoms. The van der Waals surface area contributed by atoms with Crippen LogP contribution in [-0.4, -0.2) is 20.9 Å². The van der Waals surface area contributed by atoms with Gasteiger partial charge in [-0.2, -0.15) is 4.98 Å². The van der Waals surface area contributed by atoms with Crippen LogP contribution in [0.15, 0.2) is 77.4 Å². The first kappa shape index (κ1) is 15.9. The fourth-order valence-electron chi connectivity index (χ4n) is 2.66. The molecule has 0 amide bonds. The SMILES string of the molecule is Cc1ccc(C(=O)c2ccccc2-c2nc(-c3ccccn3)no2)cc1. The first-order chi connectivity index (χ1) is 12.7. The van der Waals surface area contributed by atoms with Crippen molar-refractivity contribution in [2.24, 2.45) is 0 Å². The molecule has 0 aliphatic heterocycles. The van der Waals surface area contributed by atoms with Gasteiger partial charge in [-0.25, -0.2) is 0 Å². The predicted octanol–water partition coefficient (Wildman–Crippen LogP) is 4.34. The topological polar surface area (TPSA) is 68.9 Å². The van der Waals surface area contributed by atoms with E-state index in [2.05, 4.69) is 15.1 Å². The molecule has 0 aliphatic carbocycles. The van der Waals surface area contributed by atoms with Gasteiger partial charge in [0.25, 0.3) is 5.89 Å². The van der Waals surface area contributed by atoms with Crippen LogP contribution >= 0.6 is 0 Å². The number of hydrogen-bond donors (Lipinski definition) is 0. The van der Waals surface area contributed by atoms with E-state index in [4.69, 9.17) is 4.52 Å². The van der Waals surface area contributed by atoms with Crippen molar-refractivity contribution >= 4 is 5.78 Å². The van der Waals surface area contributed by atoms with E-state index in [0.29, 0.717) is 34.1 Å². The number of carbonyl (C=O) groups excluding carboxylic acids is 1. The van der Waals surface area contributed by atoms with Gasteiger partial charge in [0.05, 0.1) is 5.56 Å². The molecule has 0 bridgehead atoms. The zero-order valence-corrected chi connectivity index (χ0v) is 14.1. The molecule has 0 aliphatic rings. The predicted molar refractivity (Wildman–Crippen MR) is 97.6 cm³/mol. The van der Waals surface area contributed by atoms with Crippen LogP contribution in [0.25, 0.3) is 23.0 Å². The molecule has 0 unspecified atom stereocenters. The van der Waals surface area contributed by atoms with Crippen LogP contribution in [0.2, 0.25) is 0 Å².